The van der Waals surface area contributed by atoms with E-state index in [1.165, 1.54) is 17.0 Å². The Morgan fingerprint density at radius 1 is 0.935 bits per heavy atom. The van der Waals surface area contributed by atoms with Gasteiger partial charge in [-0.1, -0.05) is 36.4 Å². The highest BCUT2D eigenvalue weighted by Crippen LogP contribution is 2.30. The van der Waals surface area contributed by atoms with E-state index in [0.717, 1.165) is 10.9 Å². The van der Waals surface area contributed by atoms with E-state index < -0.39 is 4.92 Å². The van der Waals surface area contributed by atoms with Gasteiger partial charge in [-0.15, -0.1) is 0 Å². The second-order valence-corrected chi connectivity index (χ2v) is 7.28. The molecule has 1 N–H and O–H groups in total. The fraction of sp³-hybridized carbons (Fsp3) is 0.174. The van der Waals surface area contributed by atoms with Crippen LogP contribution in [0.3, 0.4) is 0 Å². The van der Waals surface area contributed by atoms with Crippen LogP contribution < -0.4 is 5.32 Å². The van der Waals surface area contributed by atoms with Gasteiger partial charge < -0.3 is 5.32 Å². The number of non-ortho nitro benzene ring substituents is 1. The van der Waals surface area contributed by atoms with Crippen LogP contribution in [0.25, 0.3) is 10.8 Å². The fourth-order valence-electron chi connectivity index (χ4n) is 3.71. The van der Waals surface area contributed by atoms with Crippen LogP contribution in [0.4, 0.5) is 5.69 Å². The van der Waals surface area contributed by atoms with Gasteiger partial charge in [-0.05, 0) is 29.5 Å². The summed E-state index contributed by atoms with van der Waals surface area (Å²) < 4.78 is 0. The monoisotopic (exact) mass is 417 g/mol. The molecule has 156 valence electrons. The van der Waals surface area contributed by atoms with Gasteiger partial charge in [-0.3, -0.25) is 29.4 Å². The van der Waals surface area contributed by atoms with E-state index in [9.17, 15) is 24.5 Å². The molecule has 1 heterocycles. The molecule has 31 heavy (non-hydrogen) atoms. The van der Waals surface area contributed by atoms with Gasteiger partial charge in [-0.2, -0.15) is 0 Å². The summed E-state index contributed by atoms with van der Waals surface area (Å²) in [6.45, 7) is 0.390. The lowest BCUT2D eigenvalue weighted by Gasteiger charge is -2.27. The lowest BCUT2D eigenvalue weighted by molar-refractivity contribution is -0.384. The van der Waals surface area contributed by atoms with Crippen molar-refractivity contribution in [1.82, 2.24) is 10.2 Å². The Bertz CT molecular complexity index is 1150. The van der Waals surface area contributed by atoms with Crippen LogP contribution in [0.15, 0.2) is 60.7 Å². The molecule has 0 spiro atoms. The van der Waals surface area contributed by atoms with Crippen LogP contribution in [-0.2, 0) is 11.3 Å². The molecule has 8 nitrogen and oxygen atoms in total. The average Bonchev–Trinajstić information content (AvgIpc) is 2.78. The molecule has 3 aromatic rings. The van der Waals surface area contributed by atoms with Gasteiger partial charge in [0.05, 0.1) is 4.92 Å². The van der Waals surface area contributed by atoms with Crippen LogP contribution in [0.2, 0.25) is 0 Å². The first-order chi connectivity index (χ1) is 15.0. The Hall–Kier alpha value is -4.07. The second kappa shape index (κ2) is 8.35. The van der Waals surface area contributed by atoms with E-state index in [0.29, 0.717) is 22.9 Å². The molecule has 0 saturated carbocycles. The van der Waals surface area contributed by atoms with Crippen molar-refractivity contribution in [3.8, 4) is 0 Å². The lowest BCUT2D eigenvalue weighted by atomic mass is 9.94. The number of hydrogen-bond donors (Lipinski definition) is 1. The molecule has 0 aromatic heterocycles. The van der Waals surface area contributed by atoms with Gasteiger partial charge in [0, 0.05) is 48.2 Å². The van der Waals surface area contributed by atoms with Crippen LogP contribution >= 0.6 is 0 Å². The van der Waals surface area contributed by atoms with Crippen molar-refractivity contribution < 1.29 is 19.3 Å². The van der Waals surface area contributed by atoms with E-state index in [4.69, 9.17) is 0 Å². The number of nitrogens with one attached hydrogen (secondary N) is 1. The molecule has 0 saturated heterocycles. The van der Waals surface area contributed by atoms with Crippen molar-refractivity contribution in [1.29, 1.82) is 0 Å². The summed E-state index contributed by atoms with van der Waals surface area (Å²) in [6.07, 6.45) is 0.484. The zero-order valence-electron chi connectivity index (χ0n) is 16.5. The molecule has 0 atom stereocenters. The van der Waals surface area contributed by atoms with Crippen LogP contribution in [0, 0.1) is 10.1 Å². The third-order valence-corrected chi connectivity index (χ3v) is 5.28. The maximum atomic E-state index is 12.8. The number of nitrogens with zero attached hydrogens (tertiary/aromatic N) is 2. The normalized spacial score (nSPS) is 12.8. The van der Waals surface area contributed by atoms with E-state index in [2.05, 4.69) is 5.32 Å². The minimum Gasteiger partial charge on any atom is -0.352 e. The molecule has 8 heteroatoms. The third-order valence-electron chi connectivity index (χ3n) is 5.28. The molecule has 1 aliphatic rings. The first-order valence-corrected chi connectivity index (χ1v) is 9.83. The number of nitro benzene ring substituents is 1. The Kier molecular flexibility index (Phi) is 5.44. The van der Waals surface area contributed by atoms with Crippen molar-refractivity contribution >= 4 is 34.2 Å². The number of rotatable bonds is 7. The molecule has 3 amide bonds. The van der Waals surface area contributed by atoms with Gasteiger partial charge in [0.25, 0.3) is 17.5 Å². The third kappa shape index (κ3) is 4.00. The molecule has 4 rings (SSSR count). The number of carbonyl (C=O) groups is 3. The van der Waals surface area contributed by atoms with Crippen LogP contribution in [-0.4, -0.2) is 34.1 Å². The zero-order chi connectivity index (χ0) is 22.0. The van der Waals surface area contributed by atoms with E-state index in [1.807, 2.05) is 12.1 Å². The van der Waals surface area contributed by atoms with E-state index in [-0.39, 0.29) is 42.9 Å². The quantitative estimate of drug-likeness (QED) is 0.360. The Morgan fingerprint density at radius 3 is 2.13 bits per heavy atom. The summed E-state index contributed by atoms with van der Waals surface area (Å²) in [4.78, 5) is 49.2. The number of amides is 3. The number of imide groups is 1. The first-order valence-electron chi connectivity index (χ1n) is 9.83. The van der Waals surface area contributed by atoms with Gasteiger partial charge in [-0.25, -0.2) is 0 Å². The Morgan fingerprint density at radius 2 is 1.55 bits per heavy atom. The first kappa shape index (κ1) is 20.2. The van der Waals surface area contributed by atoms with Crippen molar-refractivity contribution in [3.05, 3.63) is 87.5 Å². The second-order valence-electron chi connectivity index (χ2n) is 7.28. The maximum absolute atomic E-state index is 12.8. The largest absolute Gasteiger partial charge is 0.352 e. The minimum atomic E-state index is -0.482. The summed E-state index contributed by atoms with van der Waals surface area (Å²) >= 11 is 0. The Balaban J connectivity index is 1.33. The summed E-state index contributed by atoms with van der Waals surface area (Å²) in [5.41, 5.74) is 1.72. The Labute approximate surface area is 177 Å². The van der Waals surface area contributed by atoms with Gasteiger partial charge in [0.1, 0.15) is 0 Å². The fourth-order valence-corrected chi connectivity index (χ4v) is 3.71. The van der Waals surface area contributed by atoms with Crippen molar-refractivity contribution in [3.63, 3.8) is 0 Å². The highest BCUT2D eigenvalue weighted by molar-refractivity contribution is 6.25. The molecular weight excluding hydrogens is 398 g/mol. The standard InChI is InChI=1S/C23H19N3O5/c27-20(24-14-15-9-11-17(12-10-15)26(30)31)8-3-13-25-22(28)18-6-1-4-16-5-2-7-19(21(16)18)23(25)29/h1-2,4-7,9-12H,3,8,13-14H2,(H,24,27). The summed E-state index contributed by atoms with van der Waals surface area (Å²) in [6, 6.07) is 16.7. The van der Waals surface area contributed by atoms with Gasteiger partial charge >= 0.3 is 0 Å². The molecule has 3 aromatic carbocycles. The smallest absolute Gasteiger partial charge is 0.269 e. The molecule has 0 aliphatic carbocycles. The number of benzene rings is 3. The number of carbonyl (C=O) groups excluding carboxylic acids is 3. The van der Waals surface area contributed by atoms with Crippen molar-refractivity contribution in [2.75, 3.05) is 6.54 Å². The van der Waals surface area contributed by atoms with Crippen LogP contribution in [0.1, 0.15) is 39.1 Å². The topological polar surface area (TPSA) is 110 Å². The van der Waals surface area contributed by atoms with E-state index in [1.54, 1.807) is 36.4 Å². The average molecular weight is 417 g/mol. The summed E-state index contributed by atoms with van der Waals surface area (Å²) in [5.74, 6) is -0.918. The molecule has 0 radical (unpaired) electrons. The van der Waals surface area contributed by atoms with Gasteiger partial charge in [0.2, 0.25) is 5.91 Å². The van der Waals surface area contributed by atoms with Gasteiger partial charge in [0.15, 0.2) is 0 Å². The minimum absolute atomic E-state index is 0.0109. The predicted molar refractivity (Wildman–Crippen MR) is 113 cm³/mol. The molecule has 1 aliphatic heterocycles. The molecule has 0 fully saturated rings. The highest BCUT2D eigenvalue weighted by atomic mass is 16.6. The summed E-state index contributed by atoms with van der Waals surface area (Å²) in [7, 11) is 0. The number of hydrogen-bond acceptors (Lipinski definition) is 5. The predicted octanol–water partition coefficient (Wildman–Crippen LogP) is 3.44. The SMILES string of the molecule is O=C(CCCN1C(=O)c2cccc3cccc(c23)C1=O)NCc1ccc([N+](=O)[O-])cc1. The number of nitro groups is 1. The maximum Gasteiger partial charge on any atom is 0.269 e. The zero-order valence-corrected chi connectivity index (χ0v) is 16.5. The highest BCUT2D eigenvalue weighted by Gasteiger charge is 2.32. The van der Waals surface area contributed by atoms with Crippen molar-refractivity contribution in [2.24, 2.45) is 0 Å². The molecule has 0 bridgehead atoms. The van der Waals surface area contributed by atoms with Crippen LogP contribution in [0.5, 0.6) is 0 Å². The lowest BCUT2D eigenvalue weighted by Crippen LogP contribution is -2.41. The molecule has 0 unspecified atom stereocenters. The van der Waals surface area contributed by atoms with E-state index >= 15 is 0 Å². The molecular formula is C23H19N3O5. The summed E-state index contributed by atoms with van der Waals surface area (Å²) in [5, 5.41) is 14.9. The van der Waals surface area contributed by atoms with Crippen molar-refractivity contribution in [2.45, 2.75) is 19.4 Å².